The van der Waals surface area contributed by atoms with Crippen LogP contribution in [0.25, 0.3) is 38.6 Å². The SMILES string of the molecule is O=c1oc2ccccc2c2c1c1c(c3ccccc32)OC(c2ccccc2)(c2ccccc2)C=C1. The molecule has 1 aliphatic heterocycles. The Balaban J connectivity index is 1.63. The van der Waals surface area contributed by atoms with Gasteiger partial charge in [-0.15, -0.1) is 0 Å². The van der Waals surface area contributed by atoms with Gasteiger partial charge < -0.3 is 9.15 Å². The van der Waals surface area contributed by atoms with Gasteiger partial charge in [0.05, 0.1) is 5.39 Å². The van der Waals surface area contributed by atoms with Crippen molar-refractivity contribution >= 4 is 38.6 Å². The minimum absolute atomic E-state index is 0.360. The van der Waals surface area contributed by atoms with Gasteiger partial charge in [-0.3, -0.25) is 0 Å². The van der Waals surface area contributed by atoms with Crippen LogP contribution in [-0.4, -0.2) is 0 Å². The molecule has 0 aliphatic carbocycles. The predicted molar refractivity (Wildman–Crippen MR) is 141 cm³/mol. The normalized spacial score (nSPS) is 14.2. The average molecular weight is 453 g/mol. The van der Waals surface area contributed by atoms with Gasteiger partial charge >= 0.3 is 5.63 Å². The van der Waals surface area contributed by atoms with Crippen LogP contribution in [0.15, 0.2) is 124 Å². The predicted octanol–water partition coefficient (Wildman–Crippen LogP) is 7.45. The molecule has 0 atom stereocenters. The van der Waals surface area contributed by atoms with E-state index < -0.39 is 5.60 Å². The fraction of sp³-hybridized carbons (Fsp3) is 0.0312. The van der Waals surface area contributed by atoms with Crippen molar-refractivity contribution in [3.8, 4) is 5.75 Å². The van der Waals surface area contributed by atoms with Crippen LogP contribution < -0.4 is 10.4 Å². The van der Waals surface area contributed by atoms with Crippen molar-refractivity contribution in [3.05, 3.63) is 142 Å². The summed E-state index contributed by atoms with van der Waals surface area (Å²) in [6, 6.07) is 36.2. The Kier molecular flexibility index (Phi) is 4.21. The van der Waals surface area contributed by atoms with Gasteiger partial charge in [-0.05, 0) is 23.6 Å². The summed E-state index contributed by atoms with van der Waals surface area (Å²) in [4.78, 5) is 13.4. The number of para-hydroxylation sites is 1. The molecule has 3 nitrogen and oxygen atoms in total. The summed E-state index contributed by atoms with van der Waals surface area (Å²) in [5.41, 5.74) is 2.18. The zero-order chi connectivity index (χ0) is 23.4. The quantitative estimate of drug-likeness (QED) is 0.202. The van der Waals surface area contributed by atoms with Crippen LogP contribution in [0.1, 0.15) is 16.7 Å². The average Bonchev–Trinajstić information content (AvgIpc) is 2.93. The molecule has 0 spiro atoms. The minimum Gasteiger partial charge on any atom is -0.472 e. The van der Waals surface area contributed by atoms with Gasteiger partial charge in [0.2, 0.25) is 0 Å². The van der Waals surface area contributed by atoms with Gasteiger partial charge in [-0.25, -0.2) is 4.79 Å². The molecule has 0 unspecified atom stereocenters. The van der Waals surface area contributed by atoms with E-state index in [-0.39, 0.29) is 5.63 Å². The second kappa shape index (κ2) is 7.44. The van der Waals surface area contributed by atoms with Crippen LogP contribution in [0.4, 0.5) is 0 Å². The summed E-state index contributed by atoms with van der Waals surface area (Å²) in [6.07, 6.45) is 4.09. The molecule has 0 saturated carbocycles. The third-order valence-corrected chi connectivity index (χ3v) is 6.92. The lowest BCUT2D eigenvalue weighted by atomic mass is 9.82. The smallest absolute Gasteiger partial charge is 0.344 e. The lowest BCUT2D eigenvalue weighted by Crippen LogP contribution is -2.34. The summed E-state index contributed by atoms with van der Waals surface area (Å²) in [7, 11) is 0. The molecule has 7 rings (SSSR count). The Morgan fingerprint density at radius 1 is 0.571 bits per heavy atom. The maximum Gasteiger partial charge on any atom is 0.344 e. The van der Waals surface area contributed by atoms with Gasteiger partial charge in [0.1, 0.15) is 11.3 Å². The molecule has 0 fully saturated rings. The van der Waals surface area contributed by atoms with E-state index in [1.54, 1.807) is 0 Å². The summed E-state index contributed by atoms with van der Waals surface area (Å²) < 4.78 is 12.8. The molecule has 2 heterocycles. The number of hydrogen-bond donors (Lipinski definition) is 0. The summed E-state index contributed by atoms with van der Waals surface area (Å²) >= 11 is 0. The molecule has 1 aromatic heterocycles. The van der Waals surface area contributed by atoms with E-state index in [0.29, 0.717) is 16.7 Å². The van der Waals surface area contributed by atoms with E-state index in [2.05, 4.69) is 42.5 Å². The number of benzene rings is 5. The highest BCUT2D eigenvalue weighted by atomic mass is 16.5. The molecule has 0 N–H and O–H groups in total. The van der Waals surface area contributed by atoms with E-state index in [4.69, 9.17) is 9.15 Å². The van der Waals surface area contributed by atoms with Crippen LogP contribution in [0, 0.1) is 0 Å². The second-order valence-electron chi connectivity index (χ2n) is 8.83. The Bertz CT molecular complexity index is 1790. The topological polar surface area (TPSA) is 39.4 Å². The highest BCUT2D eigenvalue weighted by Crippen LogP contribution is 2.48. The van der Waals surface area contributed by atoms with Crippen LogP contribution in [0.3, 0.4) is 0 Å². The van der Waals surface area contributed by atoms with Crippen molar-refractivity contribution in [1.82, 2.24) is 0 Å². The number of fused-ring (bicyclic) bond motifs is 8. The third kappa shape index (κ3) is 2.82. The van der Waals surface area contributed by atoms with Gasteiger partial charge in [0.25, 0.3) is 0 Å². The Morgan fingerprint density at radius 2 is 1.14 bits per heavy atom. The zero-order valence-electron chi connectivity index (χ0n) is 18.8. The molecule has 3 heteroatoms. The van der Waals surface area contributed by atoms with Crippen molar-refractivity contribution in [3.63, 3.8) is 0 Å². The molecular weight excluding hydrogens is 432 g/mol. The van der Waals surface area contributed by atoms with Crippen LogP contribution >= 0.6 is 0 Å². The van der Waals surface area contributed by atoms with Crippen molar-refractivity contribution < 1.29 is 9.15 Å². The van der Waals surface area contributed by atoms with Crippen molar-refractivity contribution in [2.45, 2.75) is 5.60 Å². The summed E-state index contributed by atoms with van der Waals surface area (Å²) in [5, 5.41) is 4.29. The van der Waals surface area contributed by atoms with Crippen molar-refractivity contribution in [2.24, 2.45) is 0 Å². The fourth-order valence-electron chi connectivity index (χ4n) is 5.35. The molecule has 5 aromatic carbocycles. The fourth-order valence-corrected chi connectivity index (χ4v) is 5.35. The molecule has 0 saturated heterocycles. The second-order valence-corrected chi connectivity index (χ2v) is 8.83. The van der Waals surface area contributed by atoms with E-state index in [1.165, 1.54) is 0 Å². The standard InChI is InChI=1S/C32H20O3/c33-31-29-26-19-20-32(21-11-3-1-4-12-21,22-13-5-2-6-14-22)35-30(26)24-16-8-7-15-23(24)28(29)25-17-9-10-18-27(25)34-31/h1-20H. The molecule has 0 radical (unpaired) electrons. The Morgan fingerprint density at radius 3 is 1.83 bits per heavy atom. The molecular formula is C32H20O3. The first kappa shape index (κ1) is 19.8. The van der Waals surface area contributed by atoms with E-state index in [1.807, 2.05) is 78.9 Å². The summed E-state index contributed by atoms with van der Waals surface area (Å²) in [5.74, 6) is 0.686. The van der Waals surface area contributed by atoms with E-state index >= 15 is 0 Å². The Labute approximate surface area is 201 Å². The molecule has 0 bridgehead atoms. The first-order valence-corrected chi connectivity index (χ1v) is 11.7. The first-order chi connectivity index (χ1) is 17.3. The van der Waals surface area contributed by atoms with Crippen molar-refractivity contribution in [1.29, 1.82) is 0 Å². The van der Waals surface area contributed by atoms with Gasteiger partial charge in [0, 0.05) is 32.8 Å². The lowest BCUT2D eigenvalue weighted by Gasteiger charge is -2.37. The maximum absolute atomic E-state index is 13.4. The molecule has 35 heavy (non-hydrogen) atoms. The van der Waals surface area contributed by atoms with E-state index in [9.17, 15) is 4.79 Å². The molecule has 6 aromatic rings. The van der Waals surface area contributed by atoms with Gasteiger partial charge in [0.15, 0.2) is 5.60 Å². The number of rotatable bonds is 2. The lowest BCUT2D eigenvalue weighted by molar-refractivity contribution is 0.164. The monoisotopic (exact) mass is 452 g/mol. The Hall–Kier alpha value is -4.63. The maximum atomic E-state index is 13.4. The van der Waals surface area contributed by atoms with Crippen LogP contribution in [0.2, 0.25) is 0 Å². The number of ether oxygens (including phenoxy) is 1. The molecule has 0 amide bonds. The van der Waals surface area contributed by atoms with Gasteiger partial charge in [-0.2, -0.15) is 0 Å². The first-order valence-electron chi connectivity index (χ1n) is 11.7. The van der Waals surface area contributed by atoms with E-state index in [0.717, 1.165) is 38.2 Å². The zero-order valence-corrected chi connectivity index (χ0v) is 18.8. The minimum atomic E-state index is -0.830. The highest BCUT2D eigenvalue weighted by Gasteiger charge is 2.38. The summed E-state index contributed by atoms with van der Waals surface area (Å²) in [6.45, 7) is 0. The van der Waals surface area contributed by atoms with Crippen LogP contribution in [-0.2, 0) is 5.60 Å². The van der Waals surface area contributed by atoms with Crippen LogP contribution in [0.5, 0.6) is 5.75 Å². The van der Waals surface area contributed by atoms with Crippen molar-refractivity contribution in [2.75, 3.05) is 0 Å². The molecule has 1 aliphatic rings. The third-order valence-electron chi connectivity index (χ3n) is 6.92. The molecule has 166 valence electrons. The highest BCUT2D eigenvalue weighted by molar-refractivity contribution is 6.22. The largest absolute Gasteiger partial charge is 0.472 e. The number of hydrogen-bond acceptors (Lipinski definition) is 3. The van der Waals surface area contributed by atoms with Gasteiger partial charge in [-0.1, -0.05) is 103 Å².